The van der Waals surface area contributed by atoms with E-state index in [0.29, 0.717) is 0 Å². The predicted molar refractivity (Wildman–Crippen MR) is 40.8 cm³/mol. The van der Waals surface area contributed by atoms with Gasteiger partial charge in [0.25, 0.3) is 0 Å². The molecule has 0 aromatic heterocycles. The number of carboxylic acid groups (broad SMARTS) is 2. The monoisotopic (exact) mass is 235 g/mol. The van der Waals surface area contributed by atoms with Crippen LogP contribution in [0, 0.1) is 5.41 Å². The van der Waals surface area contributed by atoms with Gasteiger partial charge in [0.15, 0.2) is 0 Å². The number of carboxylic acids is 2. The summed E-state index contributed by atoms with van der Waals surface area (Å²) in [5, 5.41) is 17.1. The van der Waals surface area contributed by atoms with Gasteiger partial charge in [-0.3, -0.25) is 9.59 Å². The van der Waals surface area contributed by atoms with Gasteiger partial charge in [-0.25, -0.2) is 0 Å². The van der Waals surface area contributed by atoms with Crippen molar-refractivity contribution in [2.75, 3.05) is 0 Å². The van der Waals surface area contributed by atoms with Crippen molar-refractivity contribution in [2.24, 2.45) is 5.41 Å². The average molecular weight is 236 g/mol. The molecule has 0 spiro atoms. The van der Waals surface area contributed by atoms with E-state index in [9.17, 15) is 9.59 Å². The summed E-state index contributed by atoms with van der Waals surface area (Å²) in [6.07, 6.45) is 2.44. The van der Waals surface area contributed by atoms with Crippen LogP contribution in [-0.2, 0) is 26.7 Å². The Labute approximate surface area is 86.8 Å². The molecule has 5 heteroatoms. The van der Waals surface area contributed by atoms with Crippen molar-refractivity contribution in [3.05, 3.63) is 0 Å². The first-order valence-corrected chi connectivity index (χ1v) is 3.98. The van der Waals surface area contributed by atoms with Gasteiger partial charge in [-0.05, 0) is 18.3 Å². The third-order valence-corrected chi connectivity index (χ3v) is 2.47. The summed E-state index contributed by atoms with van der Waals surface area (Å²) in [6.45, 7) is 0. The molecule has 2 N–H and O–H groups in total. The molecule has 1 radical (unpaired) electrons. The van der Waals surface area contributed by atoms with Crippen LogP contribution in [-0.4, -0.2) is 22.2 Å². The maximum Gasteiger partial charge on any atom is 0.303 e. The van der Waals surface area contributed by atoms with E-state index in [-0.39, 0.29) is 29.9 Å². The van der Waals surface area contributed by atoms with Crippen LogP contribution in [0.2, 0.25) is 0 Å². The maximum atomic E-state index is 10.4. The molecule has 1 saturated carbocycles. The number of hydrogen-bond acceptors (Lipinski definition) is 2. The molecule has 0 atom stereocenters. The molecule has 0 aromatic carbocycles. The van der Waals surface area contributed by atoms with E-state index < -0.39 is 17.4 Å². The zero-order chi connectivity index (χ0) is 9.19. The molecular weight excluding hydrogens is 224 g/mol. The van der Waals surface area contributed by atoms with Crippen molar-refractivity contribution in [1.82, 2.24) is 0 Å². The predicted octanol–water partition coefficient (Wildman–Crippen LogP) is 1.10. The summed E-state index contributed by atoms with van der Waals surface area (Å²) in [7, 11) is 0. The molecule has 1 aliphatic rings. The van der Waals surface area contributed by atoms with Gasteiger partial charge in [0, 0.05) is 17.1 Å². The summed E-state index contributed by atoms with van der Waals surface area (Å²) in [4.78, 5) is 20.8. The van der Waals surface area contributed by atoms with Crippen molar-refractivity contribution in [1.29, 1.82) is 0 Å². The summed E-state index contributed by atoms with van der Waals surface area (Å²) in [5.74, 6) is -1.79. The third kappa shape index (κ3) is 3.36. The molecule has 0 unspecified atom stereocenters. The fourth-order valence-electron chi connectivity index (χ4n) is 1.73. The summed E-state index contributed by atoms with van der Waals surface area (Å²) in [5.41, 5.74) is -0.433. The van der Waals surface area contributed by atoms with Gasteiger partial charge in [-0.2, -0.15) is 0 Å². The van der Waals surface area contributed by atoms with Crippen LogP contribution in [0.5, 0.6) is 0 Å². The molecule has 1 fully saturated rings. The number of carbonyl (C=O) groups is 2. The van der Waals surface area contributed by atoms with E-state index in [1.165, 1.54) is 0 Å². The van der Waals surface area contributed by atoms with Crippen LogP contribution in [0.15, 0.2) is 0 Å². The normalized spacial score (nSPS) is 18.2. The fourth-order valence-corrected chi connectivity index (χ4v) is 1.73. The van der Waals surface area contributed by atoms with E-state index in [2.05, 4.69) is 0 Å². The van der Waals surface area contributed by atoms with Crippen LogP contribution >= 0.6 is 0 Å². The quantitative estimate of drug-likeness (QED) is 0.716. The third-order valence-electron chi connectivity index (χ3n) is 2.47. The molecule has 0 bridgehead atoms. The van der Waals surface area contributed by atoms with Crippen LogP contribution in [0.25, 0.3) is 0 Å². The molecule has 0 aliphatic heterocycles. The minimum atomic E-state index is -0.893. The summed E-state index contributed by atoms with van der Waals surface area (Å²) < 4.78 is 0. The fraction of sp³-hybridized carbons (Fsp3) is 0.750. The van der Waals surface area contributed by atoms with E-state index in [4.69, 9.17) is 10.2 Å². The van der Waals surface area contributed by atoms with Gasteiger partial charge in [0.1, 0.15) is 0 Å². The molecular formula is C8H12CuO4. The average Bonchev–Trinajstić information content (AvgIpc) is 1.80. The summed E-state index contributed by atoms with van der Waals surface area (Å²) in [6, 6.07) is 0. The van der Waals surface area contributed by atoms with Crippen molar-refractivity contribution >= 4 is 11.9 Å². The Balaban J connectivity index is 0.00000144. The Morgan fingerprint density at radius 3 is 1.62 bits per heavy atom. The minimum Gasteiger partial charge on any atom is -0.481 e. The van der Waals surface area contributed by atoms with Crippen LogP contribution in [0.3, 0.4) is 0 Å². The molecule has 0 aromatic rings. The maximum absolute atomic E-state index is 10.4. The van der Waals surface area contributed by atoms with E-state index in [1.807, 2.05) is 0 Å². The topological polar surface area (TPSA) is 74.6 Å². The Hall–Kier alpha value is -0.541. The van der Waals surface area contributed by atoms with Crippen molar-refractivity contribution < 1.29 is 36.9 Å². The number of hydrogen-bond donors (Lipinski definition) is 2. The first-order valence-electron chi connectivity index (χ1n) is 3.98. The van der Waals surface area contributed by atoms with Crippen molar-refractivity contribution in [3.8, 4) is 0 Å². The molecule has 0 saturated heterocycles. The first-order chi connectivity index (χ1) is 5.54. The summed E-state index contributed by atoms with van der Waals surface area (Å²) >= 11 is 0. The van der Waals surface area contributed by atoms with E-state index >= 15 is 0 Å². The molecule has 4 nitrogen and oxygen atoms in total. The molecule has 1 aliphatic carbocycles. The van der Waals surface area contributed by atoms with Crippen molar-refractivity contribution in [2.45, 2.75) is 32.1 Å². The molecule has 0 amide bonds. The zero-order valence-corrected chi connectivity index (χ0v) is 7.99. The largest absolute Gasteiger partial charge is 0.481 e. The van der Waals surface area contributed by atoms with Gasteiger partial charge in [-0.1, -0.05) is 6.42 Å². The first kappa shape index (κ1) is 12.5. The standard InChI is InChI=1S/C8H12O4.Cu/c9-6(10)4-8(2-1-3-8)5-7(11)12;/h1-5H2,(H,9,10)(H,11,12);. The SMILES string of the molecule is O=C(O)CC1(CC(=O)O)CCC1.[Cu]. The molecule has 1 rings (SSSR count). The minimum absolute atomic E-state index is 0. The Morgan fingerprint density at radius 2 is 1.46 bits per heavy atom. The van der Waals surface area contributed by atoms with Gasteiger partial charge in [0.2, 0.25) is 0 Å². The van der Waals surface area contributed by atoms with Crippen LogP contribution in [0.1, 0.15) is 32.1 Å². The second kappa shape index (κ2) is 4.63. The zero-order valence-electron chi connectivity index (χ0n) is 7.05. The van der Waals surface area contributed by atoms with Gasteiger partial charge in [0.05, 0.1) is 12.8 Å². The van der Waals surface area contributed by atoms with Crippen molar-refractivity contribution in [3.63, 3.8) is 0 Å². The van der Waals surface area contributed by atoms with Gasteiger partial charge < -0.3 is 10.2 Å². The number of aliphatic carboxylic acids is 2. The van der Waals surface area contributed by atoms with Crippen LogP contribution in [0.4, 0.5) is 0 Å². The smallest absolute Gasteiger partial charge is 0.303 e. The second-order valence-electron chi connectivity index (χ2n) is 3.49. The van der Waals surface area contributed by atoms with Crippen LogP contribution < -0.4 is 0 Å². The number of rotatable bonds is 4. The Morgan fingerprint density at radius 1 is 1.08 bits per heavy atom. The second-order valence-corrected chi connectivity index (χ2v) is 3.49. The Kier molecular flexibility index (Phi) is 4.44. The van der Waals surface area contributed by atoms with E-state index in [0.717, 1.165) is 19.3 Å². The molecule has 13 heavy (non-hydrogen) atoms. The van der Waals surface area contributed by atoms with Gasteiger partial charge >= 0.3 is 11.9 Å². The molecule has 79 valence electrons. The molecule has 0 heterocycles. The van der Waals surface area contributed by atoms with Gasteiger partial charge in [-0.15, -0.1) is 0 Å². The Bertz CT molecular complexity index is 192. The van der Waals surface area contributed by atoms with E-state index in [1.54, 1.807) is 0 Å².